The maximum absolute atomic E-state index is 15.0. The molecule has 0 bridgehead atoms. The molecule has 1 aromatic carbocycles. The second-order valence-corrected chi connectivity index (χ2v) is 10.6. The number of ether oxygens (including phenoxy) is 1. The van der Waals surface area contributed by atoms with Gasteiger partial charge in [-0.3, -0.25) is 15.0 Å². The van der Waals surface area contributed by atoms with Crippen LogP contribution in [-0.2, 0) is 4.79 Å². The van der Waals surface area contributed by atoms with Crippen molar-refractivity contribution in [2.75, 3.05) is 56.1 Å². The molecule has 1 saturated heterocycles. The Balaban J connectivity index is 1.51. The smallest absolute Gasteiger partial charge is 0.342 e. The number of piperidine rings is 1. The molecule has 1 saturated carbocycles. The Bertz CT molecular complexity index is 1220. The Morgan fingerprint density at radius 1 is 1.15 bits per heavy atom. The van der Waals surface area contributed by atoms with Crippen LogP contribution in [0.1, 0.15) is 48.9 Å². The van der Waals surface area contributed by atoms with Gasteiger partial charge in [0.15, 0.2) is 5.82 Å². The van der Waals surface area contributed by atoms with Crippen LogP contribution >= 0.6 is 0 Å². The van der Waals surface area contributed by atoms with Gasteiger partial charge in [0.05, 0.1) is 25.9 Å². The lowest BCUT2D eigenvalue weighted by molar-refractivity contribution is -0.140. The van der Waals surface area contributed by atoms with Crippen molar-refractivity contribution >= 4 is 29.3 Å². The fraction of sp³-hybridized carbons (Fsp3) is 0.556. The Morgan fingerprint density at radius 3 is 2.56 bits per heavy atom. The highest BCUT2D eigenvalue weighted by Crippen LogP contribution is 2.39. The zero-order valence-corrected chi connectivity index (χ0v) is 22.6. The molecular weight excluding hydrogens is 508 g/mol. The van der Waals surface area contributed by atoms with E-state index in [1.807, 2.05) is 7.05 Å². The summed E-state index contributed by atoms with van der Waals surface area (Å²) < 4.78 is 35.2. The Kier molecular flexibility index (Phi) is 7.57. The molecule has 210 valence electrons. The summed E-state index contributed by atoms with van der Waals surface area (Å²) in [7, 11) is 4.90. The number of alkyl halides is 2. The van der Waals surface area contributed by atoms with Crippen LogP contribution in [0.5, 0.6) is 5.75 Å². The number of fused-ring (bicyclic) bond motifs is 1. The lowest BCUT2D eigenvalue weighted by atomic mass is 10.0. The van der Waals surface area contributed by atoms with Gasteiger partial charge >= 0.3 is 5.92 Å². The summed E-state index contributed by atoms with van der Waals surface area (Å²) >= 11 is 0. The fourth-order valence-electron chi connectivity index (χ4n) is 5.66. The SMILES string of the molecule is COc1cccc(C(=O)N(Nc2ncc3c(n2)N(C2CCCC2)CC(F)(F)C(=O)N3C)C2CCN(C)CC2)c1. The quantitative estimate of drug-likeness (QED) is 0.554. The van der Waals surface area contributed by atoms with Crippen molar-refractivity contribution < 1.29 is 23.1 Å². The molecule has 10 nitrogen and oxygen atoms in total. The first-order valence-electron chi connectivity index (χ1n) is 13.4. The van der Waals surface area contributed by atoms with E-state index in [0.29, 0.717) is 11.3 Å². The number of likely N-dealkylation sites (tertiary alicyclic amines) is 1. The van der Waals surface area contributed by atoms with Crippen LogP contribution in [0.15, 0.2) is 30.5 Å². The minimum atomic E-state index is -3.56. The molecule has 2 aliphatic heterocycles. The average molecular weight is 544 g/mol. The number of nitrogens with one attached hydrogen (secondary N) is 1. The molecule has 39 heavy (non-hydrogen) atoms. The van der Waals surface area contributed by atoms with Crippen molar-refractivity contribution in [1.29, 1.82) is 0 Å². The van der Waals surface area contributed by atoms with E-state index < -0.39 is 18.4 Å². The summed E-state index contributed by atoms with van der Waals surface area (Å²) in [6, 6.07) is 6.63. The third-order valence-corrected chi connectivity index (χ3v) is 7.94. The number of carbonyl (C=O) groups excluding carboxylic acids is 2. The number of methoxy groups -OCH3 is 1. The highest BCUT2D eigenvalue weighted by Gasteiger charge is 2.49. The second kappa shape index (κ2) is 10.9. The largest absolute Gasteiger partial charge is 0.497 e. The summed E-state index contributed by atoms with van der Waals surface area (Å²) in [5, 5.41) is 1.55. The van der Waals surface area contributed by atoms with E-state index in [4.69, 9.17) is 4.74 Å². The predicted octanol–water partition coefficient (Wildman–Crippen LogP) is 3.41. The molecule has 0 atom stereocenters. The molecule has 5 rings (SSSR count). The molecule has 2 fully saturated rings. The first-order chi connectivity index (χ1) is 18.7. The molecule has 2 amide bonds. The lowest BCUT2D eigenvalue weighted by Crippen LogP contribution is -2.49. The van der Waals surface area contributed by atoms with Crippen LogP contribution in [0.25, 0.3) is 0 Å². The molecule has 2 aromatic rings. The van der Waals surface area contributed by atoms with Gasteiger partial charge in [0.25, 0.3) is 11.8 Å². The average Bonchev–Trinajstić information content (AvgIpc) is 3.47. The number of hydrogen-bond acceptors (Lipinski definition) is 8. The van der Waals surface area contributed by atoms with Crippen molar-refractivity contribution in [2.45, 2.75) is 56.5 Å². The number of anilines is 3. The van der Waals surface area contributed by atoms with E-state index in [9.17, 15) is 18.4 Å². The van der Waals surface area contributed by atoms with Gasteiger partial charge in [0, 0.05) is 18.7 Å². The Morgan fingerprint density at radius 2 is 1.87 bits per heavy atom. The van der Waals surface area contributed by atoms with E-state index >= 15 is 0 Å². The molecule has 1 aromatic heterocycles. The van der Waals surface area contributed by atoms with Crippen molar-refractivity contribution in [1.82, 2.24) is 19.9 Å². The van der Waals surface area contributed by atoms with Crippen molar-refractivity contribution in [3.8, 4) is 5.75 Å². The van der Waals surface area contributed by atoms with Gasteiger partial charge in [-0.15, -0.1) is 0 Å². The van der Waals surface area contributed by atoms with Gasteiger partial charge in [0.1, 0.15) is 11.4 Å². The lowest BCUT2D eigenvalue weighted by Gasteiger charge is -2.37. The number of benzene rings is 1. The van der Waals surface area contributed by atoms with E-state index in [2.05, 4.69) is 20.3 Å². The molecular formula is C27H35F2N7O3. The van der Waals surface area contributed by atoms with Crippen LogP contribution in [0, 0.1) is 0 Å². The maximum atomic E-state index is 15.0. The van der Waals surface area contributed by atoms with E-state index in [1.54, 1.807) is 41.3 Å². The molecule has 1 aliphatic carbocycles. The Labute approximate surface area is 226 Å². The normalized spacial score (nSPS) is 20.5. The zero-order valence-electron chi connectivity index (χ0n) is 22.6. The molecule has 12 heteroatoms. The number of carbonyl (C=O) groups is 2. The second-order valence-electron chi connectivity index (χ2n) is 10.6. The van der Waals surface area contributed by atoms with Crippen LogP contribution in [0.2, 0.25) is 0 Å². The highest BCUT2D eigenvalue weighted by atomic mass is 19.3. The first-order valence-corrected chi connectivity index (χ1v) is 13.4. The van der Waals surface area contributed by atoms with Crippen molar-refractivity contribution in [3.63, 3.8) is 0 Å². The molecule has 3 heterocycles. The molecule has 0 radical (unpaired) electrons. The number of rotatable bonds is 6. The number of aromatic nitrogens is 2. The molecule has 0 spiro atoms. The number of hydrazine groups is 1. The van der Waals surface area contributed by atoms with E-state index in [0.717, 1.165) is 56.5 Å². The van der Waals surface area contributed by atoms with Crippen LogP contribution < -0.4 is 20.0 Å². The monoisotopic (exact) mass is 543 g/mol. The van der Waals surface area contributed by atoms with Crippen LogP contribution in [0.3, 0.4) is 0 Å². The molecule has 0 unspecified atom stereocenters. The van der Waals surface area contributed by atoms with E-state index in [-0.39, 0.29) is 35.4 Å². The maximum Gasteiger partial charge on any atom is 0.342 e. The molecule has 1 N–H and O–H groups in total. The van der Waals surface area contributed by atoms with E-state index in [1.165, 1.54) is 13.2 Å². The number of amides is 2. The molecule has 3 aliphatic rings. The van der Waals surface area contributed by atoms with Gasteiger partial charge in [-0.1, -0.05) is 18.9 Å². The minimum absolute atomic E-state index is 0.109. The van der Waals surface area contributed by atoms with Crippen molar-refractivity contribution in [3.05, 3.63) is 36.0 Å². The topological polar surface area (TPSA) is 94.1 Å². The summed E-state index contributed by atoms with van der Waals surface area (Å²) in [6.45, 7) is 0.888. The summed E-state index contributed by atoms with van der Waals surface area (Å²) in [6.07, 6.45) is 6.22. The Hall–Kier alpha value is -3.54. The van der Waals surface area contributed by atoms with Crippen LogP contribution in [0.4, 0.5) is 26.2 Å². The highest BCUT2D eigenvalue weighted by molar-refractivity contribution is 6.02. The number of halogens is 2. The zero-order chi connectivity index (χ0) is 27.7. The third-order valence-electron chi connectivity index (χ3n) is 7.94. The third kappa shape index (κ3) is 5.47. The van der Waals surface area contributed by atoms with Gasteiger partial charge in [0.2, 0.25) is 5.95 Å². The standard InChI is InChI=1S/C27H35F2N7O3/c1-33-13-11-20(12-14-33)36(24(37)18-7-6-10-21(15-18)39-3)32-26-30-16-22-23(31-26)35(19-8-4-5-9-19)17-27(28,29)25(38)34(22)2/h6-7,10,15-16,19-20H,4-5,8-9,11-14,17H2,1-3H3,(H,30,31,32). The summed E-state index contributed by atoms with van der Waals surface area (Å²) in [5.74, 6) is -4.18. The number of nitrogens with zero attached hydrogens (tertiary/aromatic N) is 6. The predicted molar refractivity (Wildman–Crippen MR) is 143 cm³/mol. The minimum Gasteiger partial charge on any atom is -0.497 e. The first kappa shape index (κ1) is 27.0. The summed E-state index contributed by atoms with van der Waals surface area (Å²) in [4.78, 5) is 40.1. The fourth-order valence-corrected chi connectivity index (χ4v) is 5.66. The number of hydrogen-bond donors (Lipinski definition) is 1. The summed E-state index contributed by atoms with van der Waals surface area (Å²) in [5.41, 5.74) is 3.77. The van der Waals surface area contributed by atoms with Crippen molar-refractivity contribution in [2.24, 2.45) is 0 Å². The van der Waals surface area contributed by atoms with Gasteiger partial charge < -0.3 is 19.4 Å². The van der Waals surface area contributed by atoms with Gasteiger partial charge in [-0.05, 0) is 64.0 Å². The van der Waals surface area contributed by atoms with Gasteiger partial charge in [-0.2, -0.15) is 13.8 Å². The van der Waals surface area contributed by atoms with Crippen LogP contribution in [-0.4, -0.2) is 90.5 Å². The van der Waals surface area contributed by atoms with Gasteiger partial charge in [-0.25, -0.2) is 9.99 Å².